The smallest absolute Gasteiger partial charge is 0.381 e. The van der Waals surface area contributed by atoms with Crippen LogP contribution in [-0.2, 0) is 28.7 Å². The fraction of sp³-hybridized carbons (Fsp3) is 0.708. The number of rotatable bonds is 3. The molecule has 1 amide bonds. The molecule has 1 aromatic carbocycles. The molecule has 174 valence electrons. The molecule has 0 bridgehead atoms. The van der Waals surface area contributed by atoms with Gasteiger partial charge in [0.05, 0.1) is 5.56 Å². The highest BCUT2D eigenvalue weighted by Gasteiger charge is 2.36. The van der Waals surface area contributed by atoms with E-state index in [2.05, 4.69) is 19.2 Å². The Labute approximate surface area is 183 Å². The number of amides is 1. The number of nitrogens with one attached hydrogen (secondary N) is 1. The molecule has 7 heteroatoms. The van der Waals surface area contributed by atoms with Crippen molar-refractivity contribution in [2.24, 2.45) is 5.92 Å². The molecule has 1 saturated carbocycles. The first-order valence-electron chi connectivity index (χ1n) is 11.6. The van der Waals surface area contributed by atoms with E-state index in [1.807, 2.05) is 4.90 Å². The van der Waals surface area contributed by atoms with Crippen LogP contribution in [0.1, 0.15) is 69.1 Å². The van der Waals surface area contributed by atoms with Gasteiger partial charge in [0.25, 0.3) is 0 Å². The Morgan fingerprint density at radius 1 is 1.10 bits per heavy atom. The first kappa shape index (κ1) is 24.1. The minimum absolute atomic E-state index is 0.0216. The number of carbonyl (C=O) groups excluding carboxylic acids is 1. The minimum atomic E-state index is -4.32. The molecule has 0 aromatic heterocycles. The van der Waals surface area contributed by atoms with Crippen molar-refractivity contribution in [2.45, 2.75) is 83.6 Å². The Morgan fingerprint density at radius 3 is 2.48 bits per heavy atom. The first-order valence-corrected chi connectivity index (χ1v) is 11.6. The van der Waals surface area contributed by atoms with Gasteiger partial charge < -0.3 is 15.0 Å². The Kier molecular flexibility index (Phi) is 8.39. The van der Waals surface area contributed by atoms with Crippen LogP contribution in [0.2, 0.25) is 0 Å². The van der Waals surface area contributed by atoms with Gasteiger partial charge in [-0.05, 0) is 61.8 Å². The van der Waals surface area contributed by atoms with Crippen molar-refractivity contribution in [3.63, 3.8) is 0 Å². The fourth-order valence-electron chi connectivity index (χ4n) is 4.73. The quantitative estimate of drug-likeness (QED) is 0.724. The number of ether oxygens (including phenoxy) is 1. The van der Waals surface area contributed by atoms with Crippen LogP contribution in [0.15, 0.2) is 18.2 Å². The van der Waals surface area contributed by atoms with Gasteiger partial charge in [-0.15, -0.1) is 0 Å². The Balaban J connectivity index is 0.000000858. The molecule has 0 radical (unpaired) electrons. The summed E-state index contributed by atoms with van der Waals surface area (Å²) in [5.74, 6) is 0.176. The molecule has 2 aliphatic heterocycles. The van der Waals surface area contributed by atoms with E-state index in [9.17, 15) is 18.0 Å². The topological polar surface area (TPSA) is 41.6 Å². The second-order valence-electron chi connectivity index (χ2n) is 8.96. The molecule has 1 aromatic rings. The standard InChI is InChI=1S/C21H27F3N2O2.C3H8/c22-21(23,24)17-3-1-16-13-26(8-5-14(16)11-17)20(27)15-2-4-19(12-15)25-18-6-9-28-10-7-18;1-3-2/h1,3,11,15,18-19,25H,2,4-10,12-13H2;3H2,1-2H3/t15?,19-;/m1./s1. The van der Waals surface area contributed by atoms with Gasteiger partial charge in [-0.25, -0.2) is 0 Å². The highest BCUT2D eigenvalue weighted by Crippen LogP contribution is 2.33. The van der Waals surface area contributed by atoms with Crippen molar-refractivity contribution < 1.29 is 22.7 Å². The van der Waals surface area contributed by atoms with E-state index < -0.39 is 11.7 Å². The van der Waals surface area contributed by atoms with Crippen LogP contribution in [0, 0.1) is 5.92 Å². The summed E-state index contributed by atoms with van der Waals surface area (Å²) in [4.78, 5) is 14.8. The van der Waals surface area contributed by atoms with E-state index in [-0.39, 0.29) is 11.8 Å². The van der Waals surface area contributed by atoms with Gasteiger partial charge in [-0.3, -0.25) is 4.79 Å². The van der Waals surface area contributed by atoms with E-state index in [1.165, 1.54) is 18.6 Å². The maximum Gasteiger partial charge on any atom is 0.416 e. The lowest BCUT2D eigenvalue weighted by Crippen LogP contribution is -2.42. The van der Waals surface area contributed by atoms with Crippen molar-refractivity contribution in [3.05, 3.63) is 34.9 Å². The van der Waals surface area contributed by atoms with Gasteiger partial charge in [0.2, 0.25) is 5.91 Å². The van der Waals surface area contributed by atoms with Crippen LogP contribution in [0.4, 0.5) is 13.2 Å². The number of hydrogen-bond acceptors (Lipinski definition) is 3. The summed E-state index contributed by atoms with van der Waals surface area (Å²) >= 11 is 0. The minimum Gasteiger partial charge on any atom is -0.381 e. The highest BCUT2D eigenvalue weighted by molar-refractivity contribution is 5.79. The van der Waals surface area contributed by atoms with E-state index in [1.54, 1.807) is 0 Å². The van der Waals surface area contributed by atoms with Crippen LogP contribution in [-0.4, -0.2) is 42.6 Å². The van der Waals surface area contributed by atoms with Crippen molar-refractivity contribution in [1.82, 2.24) is 10.2 Å². The third-order valence-corrected chi connectivity index (χ3v) is 6.33. The van der Waals surface area contributed by atoms with Gasteiger partial charge in [-0.2, -0.15) is 13.2 Å². The molecule has 1 N–H and O–H groups in total. The summed E-state index contributed by atoms with van der Waals surface area (Å²) in [6, 6.07) is 4.75. The maximum atomic E-state index is 13.0. The summed E-state index contributed by atoms with van der Waals surface area (Å²) in [7, 11) is 0. The first-order chi connectivity index (χ1) is 14.8. The molecule has 4 rings (SSSR count). The number of benzene rings is 1. The molecular weight excluding hydrogens is 405 g/mol. The Bertz CT molecular complexity index is 732. The van der Waals surface area contributed by atoms with Gasteiger partial charge in [0.15, 0.2) is 0 Å². The van der Waals surface area contributed by atoms with Crippen LogP contribution in [0.3, 0.4) is 0 Å². The fourth-order valence-corrected chi connectivity index (χ4v) is 4.73. The van der Waals surface area contributed by atoms with E-state index in [0.717, 1.165) is 56.9 Å². The monoisotopic (exact) mass is 440 g/mol. The number of halogens is 3. The molecule has 1 saturated heterocycles. The van der Waals surface area contributed by atoms with Crippen LogP contribution < -0.4 is 5.32 Å². The summed E-state index contributed by atoms with van der Waals surface area (Å²) < 4.78 is 44.1. The zero-order chi connectivity index (χ0) is 22.4. The van der Waals surface area contributed by atoms with E-state index in [4.69, 9.17) is 4.74 Å². The van der Waals surface area contributed by atoms with Gasteiger partial charge in [0.1, 0.15) is 0 Å². The summed E-state index contributed by atoms with van der Waals surface area (Å²) in [5.41, 5.74) is 0.940. The molecule has 0 spiro atoms. The average Bonchev–Trinajstić information content (AvgIpc) is 3.21. The molecular formula is C24H35F3N2O2. The van der Waals surface area contributed by atoms with Gasteiger partial charge in [-0.1, -0.05) is 26.3 Å². The van der Waals surface area contributed by atoms with Crippen molar-refractivity contribution in [3.8, 4) is 0 Å². The zero-order valence-corrected chi connectivity index (χ0v) is 18.6. The van der Waals surface area contributed by atoms with Crippen LogP contribution in [0.5, 0.6) is 0 Å². The lowest BCUT2D eigenvalue weighted by atomic mass is 9.95. The largest absolute Gasteiger partial charge is 0.416 e. The number of carbonyl (C=O) groups is 1. The van der Waals surface area contributed by atoms with Gasteiger partial charge in [0, 0.05) is 44.3 Å². The van der Waals surface area contributed by atoms with E-state index in [0.29, 0.717) is 37.2 Å². The molecule has 1 aliphatic carbocycles. The Morgan fingerprint density at radius 2 is 1.81 bits per heavy atom. The average molecular weight is 441 g/mol. The number of nitrogens with zero attached hydrogens (tertiary/aromatic N) is 1. The second-order valence-corrected chi connectivity index (χ2v) is 8.96. The molecule has 2 heterocycles. The molecule has 2 atom stereocenters. The van der Waals surface area contributed by atoms with Crippen molar-refractivity contribution in [2.75, 3.05) is 19.8 Å². The molecule has 3 aliphatic rings. The van der Waals surface area contributed by atoms with Crippen LogP contribution >= 0.6 is 0 Å². The molecule has 2 fully saturated rings. The highest BCUT2D eigenvalue weighted by atomic mass is 19.4. The van der Waals surface area contributed by atoms with Gasteiger partial charge >= 0.3 is 6.18 Å². The zero-order valence-electron chi connectivity index (χ0n) is 18.6. The number of alkyl halides is 3. The maximum absolute atomic E-state index is 13.0. The molecule has 4 nitrogen and oxygen atoms in total. The molecule has 1 unspecified atom stereocenters. The Hall–Kier alpha value is -1.60. The predicted molar refractivity (Wildman–Crippen MR) is 115 cm³/mol. The summed E-state index contributed by atoms with van der Waals surface area (Å²) in [6.45, 7) is 6.77. The molecule has 31 heavy (non-hydrogen) atoms. The van der Waals surface area contributed by atoms with Crippen LogP contribution in [0.25, 0.3) is 0 Å². The summed E-state index contributed by atoms with van der Waals surface area (Å²) in [5, 5.41) is 3.68. The van der Waals surface area contributed by atoms with Crippen molar-refractivity contribution >= 4 is 5.91 Å². The number of hydrogen-bond donors (Lipinski definition) is 1. The summed E-state index contributed by atoms with van der Waals surface area (Å²) in [6.07, 6.45) is 2.21. The second kappa shape index (κ2) is 10.8. The third-order valence-electron chi connectivity index (χ3n) is 6.33. The lowest BCUT2D eigenvalue weighted by molar-refractivity contribution is -0.138. The SMILES string of the molecule is CCC.O=C(C1CC[C@@H](NC2CCOCC2)C1)N1CCc2cc(C(F)(F)F)ccc2C1. The lowest BCUT2D eigenvalue weighted by Gasteiger charge is -2.31. The normalized spacial score (nSPS) is 24.4. The van der Waals surface area contributed by atoms with Crippen molar-refractivity contribution in [1.29, 1.82) is 0 Å². The number of fused-ring (bicyclic) bond motifs is 1. The third kappa shape index (κ3) is 6.45. The van der Waals surface area contributed by atoms with E-state index >= 15 is 0 Å². The predicted octanol–water partition coefficient (Wildman–Crippen LogP) is 4.94.